The lowest BCUT2D eigenvalue weighted by Crippen LogP contribution is -2.47. The van der Waals surface area contributed by atoms with Gasteiger partial charge >= 0.3 is 0 Å². The van der Waals surface area contributed by atoms with Gasteiger partial charge in [0.15, 0.2) is 0 Å². The molecule has 0 amide bonds. The summed E-state index contributed by atoms with van der Waals surface area (Å²) < 4.78 is 0. The molecule has 0 unspecified atom stereocenters. The molecule has 0 aliphatic carbocycles. The summed E-state index contributed by atoms with van der Waals surface area (Å²) in [7, 11) is 0. The summed E-state index contributed by atoms with van der Waals surface area (Å²) >= 11 is 0. The maximum atomic E-state index is 3.62. The molecule has 0 bridgehead atoms. The fraction of sp³-hybridized carbons (Fsp3) is 0.714. The van der Waals surface area contributed by atoms with Crippen LogP contribution in [-0.4, -0.2) is 26.2 Å². The van der Waals surface area contributed by atoms with Crippen LogP contribution in [0.2, 0.25) is 0 Å². The highest BCUT2D eigenvalue weighted by Crippen LogP contribution is 1.98. The van der Waals surface area contributed by atoms with Gasteiger partial charge in [0.1, 0.15) is 0 Å². The van der Waals surface area contributed by atoms with Crippen LogP contribution in [0.1, 0.15) is 0 Å². The molecule has 0 atom stereocenters. The van der Waals surface area contributed by atoms with Crippen LogP contribution >= 0.6 is 0 Å². The zero-order valence-corrected chi connectivity index (χ0v) is 5.69. The van der Waals surface area contributed by atoms with E-state index in [1.807, 2.05) is 6.08 Å². The lowest BCUT2D eigenvalue weighted by Gasteiger charge is -2.26. The number of rotatable bonds is 4. The van der Waals surface area contributed by atoms with E-state index in [1.165, 1.54) is 13.1 Å². The molecule has 2 N–H and O–H groups in total. The van der Waals surface area contributed by atoms with Crippen LogP contribution in [0.15, 0.2) is 12.7 Å². The molecule has 9 heavy (non-hydrogen) atoms. The van der Waals surface area contributed by atoms with Crippen molar-refractivity contribution in [3.05, 3.63) is 12.7 Å². The molecule has 0 spiro atoms. The van der Waals surface area contributed by atoms with Gasteiger partial charge in [-0.3, -0.25) is 0 Å². The zero-order chi connectivity index (χ0) is 6.53. The van der Waals surface area contributed by atoms with Crippen LogP contribution in [0.5, 0.6) is 0 Å². The van der Waals surface area contributed by atoms with Gasteiger partial charge in [0.25, 0.3) is 0 Å². The van der Waals surface area contributed by atoms with E-state index in [9.17, 15) is 0 Å². The molecule has 0 aromatic rings. The Balaban J connectivity index is 1.85. The summed E-state index contributed by atoms with van der Waals surface area (Å²) in [5, 5.41) is 6.50. The van der Waals surface area contributed by atoms with Gasteiger partial charge < -0.3 is 10.6 Å². The van der Waals surface area contributed by atoms with E-state index < -0.39 is 0 Å². The topological polar surface area (TPSA) is 24.1 Å². The van der Waals surface area contributed by atoms with Crippen LogP contribution in [0, 0.1) is 5.92 Å². The standard InChI is InChI=1S/C7H14N2/c1-2-3-8-4-7-5-9-6-7/h2,7-9H,1,3-6H2. The fourth-order valence-electron chi connectivity index (χ4n) is 0.882. The zero-order valence-electron chi connectivity index (χ0n) is 5.69. The maximum Gasteiger partial charge on any atom is 0.0132 e. The molecule has 1 saturated heterocycles. The van der Waals surface area contributed by atoms with Crippen LogP contribution in [0.3, 0.4) is 0 Å². The summed E-state index contributed by atoms with van der Waals surface area (Å²) in [5.41, 5.74) is 0. The minimum atomic E-state index is 0.866. The second-order valence-corrected chi connectivity index (χ2v) is 2.47. The summed E-state index contributed by atoms with van der Waals surface area (Å²) in [6, 6.07) is 0. The van der Waals surface area contributed by atoms with Crippen molar-refractivity contribution in [1.29, 1.82) is 0 Å². The average molecular weight is 126 g/mol. The Kier molecular flexibility index (Phi) is 2.74. The molecule has 0 radical (unpaired) electrons. The molecule has 1 heterocycles. The predicted octanol–water partition coefficient (Wildman–Crippen LogP) is -0.0186. The van der Waals surface area contributed by atoms with E-state index in [0.717, 1.165) is 19.0 Å². The summed E-state index contributed by atoms with van der Waals surface area (Å²) in [6.45, 7) is 8.07. The SMILES string of the molecule is C=CCNCC1CNC1. The lowest BCUT2D eigenvalue weighted by atomic mass is 10.0. The van der Waals surface area contributed by atoms with Gasteiger partial charge in [-0.05, 0) is 5.92 Å². The molecular weight excluding hydrogens is 112 g/mol. The lowest BCUT2D eigenvalue weighted by molar-refractivity contribution is 0.336. The Morgan fingerprint density at radius 1 is 1.67 bits per heavy atom. The van der Waals surface area contributed by atoms with Gasteiger partial charge in [-0.25, -0.2) is 0 Å². The Morgan fingerprint density at radius 2 is 2.44 bits per heavy atom. The second-order valence-electron chi connectivity index (χ2n) is 2.47. The molecular formula is C7H14N2. The van der Waals surface area contributed by atoms with Gasteiger partial charge in [0, 0.05) is 26.2 Å². The molecule has 2 nitrogen and oxygen atoms in total. The van der Waals surface area contributed by atoms with Crippen LogP contribution < -0.4 is 10.6 Å². The van der Waals surface area contributed by atoms with Gasteiger partial charge in [-0.2, -0.15) is 0 Å². The van der Waals surface area contributed by atoms with Crippen molar-refractivity contribution in [3.63, 3.8) is 0 Å². The van der Waals surface area contributed by atoms with Gasteiger partial charge in [-0.15, -0.1) is 6.58 Å². The molecule has 1 aliphatic heterocycles. The predicted molar refractivity (Wildman–Crippen MR) is 39.4 cm³/mol. The van der Waals surface area contributed by atoms with Crippen molar-refractivity contribution >= 4 is 0 Å². The van der Waals surface area contributed by atoms with Crippen molar-refractivity contribution in [1.82, 2.24) is 10.6 Å². The van der Waals surface area contributed by atoms with E-state index in [0.29, 0.717) is 0 Å². The highest BCUT2D eigenvalue weighted by molar-refractivity contribution is 4.78. The van der Waals surface area contributed by atoms with E-state index in [4.69, 9.17) is 0 Å². The molecule has 2 heteroatoms. The van der Waals surface area contributed by atoms with Crippen molar-refractivity contribution in [2.45, 2.75) is 0 Å². The van der Waals surface area contributed by atoms with Gasteiger partial charge in [0.2, 0.25) is 0 Å². The third-order valence-electron chi connectivity index (χ3n) is 1.59. The quantitative estimate of drug-likeness (QED) is 0.408. The number of hydrogen-bond acceptors (Lipinski definition) is 2. The minimum absolute atomic E-state index is 0.866. The second kappa shape index (κ2) is 3.64. The van der Waals surface area contributed by atoms with E-state index in [1.54, 1.807) is 0 Å². The third kappa shape index (κ3) is 2.16. The average Bonchev–Trinajstić information content (AvgIpc) is 1.76. The minimum Gasteiger partial charge on any atom is -0.316 e. The molecule has 1 rings (SSSR count). The third-order valence-corrected chi connectivity index (χ3v) is 1.59. The largest absolute Gasteiger partial charge is 0.316 e. The van der Waals surface area contributed by atoms with Crippen molar-refractivity contribution in [3.8, 4) is 0 Å². The van der Waals surface area contributed by atoms with Crippen LogP contribution in [0.4, 0.5) is 0 Å². The molecule has 1 aliphatic rings. The summed E-state index contributed by atoms with van der Waals surface area (Å²) in [4.78, 5) is 0. The van der Waals surface area contributed by atoms with E-state index in [2.05, 4.69) is 17.2 Å². The Labute approximate surface area is 56.3 Å². The van der Waals surface area contributed by atoms with Crippen molar-refractivity contribution in [2.24, 2.45) is 5.92 Å². The fourth-order valence-corrected chi connectivity index (χ4v) is 0.882. The first-order chi connectivity index (χ1) is 4.43. The first kappa shape index (κ1) is 6.78. The molecule has 52 valence electrons. The number of nitrogens with one attached hydrogen (secondary N) is 2. The van der Waals surface area contributed by atoms with E-state index in [-0.39, 0.29) is 0 Å². The van der Waals surface area contributed by atoms with Crippen LogP contribution in [-0.2, 0) is 0 Å². The van der Waals surface area contributed by atoms with Gasteiger partial charge in [0.05, 0.1) is 0 Å². The van der Waals surface area contributed by atoms with E-state index >= 15 is 0 Å². The molecule has 1 fully saturated rings. The Hall–Kier alpha value is -0.340. The number of hydrogen-bond donors (Lipinski definition) is 2. The summed E-state index contributed by atoms with van der Waals surface area (Å²) in [6.07, 6.45) is 1.89. The molecule has 0 aromatic heterocycles. The van der Waals surface area contributed by atoms with Crippen molar-refractivity contribution in [2.75, 3.05) is 26.2 Å². The monoisotopic (exact) mass is 126 g/mol. The Morgan fingerprint density at radius 3 is 2.89 bits per heavy atom. The molecule has 0 aromatic carbocycles. The van der Waals surface area contributed by atoms with Crippen LogP contribution in [0.25, 0.3) is 0 Å². The molecule has 0 saturated carbocycles. The summed E-state index contributed by atoms with van der Waals surface area (Å²) in [5.74, 6) is 0.866. The maximum absolute atomic E-state index is 3.62. The highest BCUT2D eigenvalue weighted by Gasteiger charge is 2.14. The normalized spacial score (nSPS) is 19.1. The van der Waals surface area contributed by atoms with Crippen molar-refractivity contribution < 1.29 is 0 Å². The highest BCUT2D eigenvalue weighted by atomic mass is 15.0. The van der Waals surface area contributed by atoms with Gasteiger partial charge in [-0.1, -0.05) is 6.08 Å². The smallest absolute Gasteiger partial charge is 0.0132 e. The first-order valence-electron chi connectivity index (χ1n) is 3.46. The first-order valence-corrected chi connectivity index (χ1v) is 3.46. The Bertz CT molecular complexity index is 86.9.